The predicted molar refractivity (Wildman–Crippen MR) is 66.1 cm³/mol. The monoisotopic (exact) mass is 258 g/mol. The van der Waals surface area contributed by atoms with E-state index >= 15 is 0 Å². The first-order valence-corrected chi connectivity index (χ1v) is 6.32. The number of nitrogens with zero attached hydrogens (tertiary/aromatic N) is 1. The number of nitrogens with one attached hydrogen (secondary N) is 1. The molecule has 0 aliphatic rings. The molecule has 1 atom stereocenters. The molecule has 1 heterocycles. The molecule has 0 fully saturated rings. The molecule has 5 nitrogen and oxygen atoms in total. The van der Waals surface area contributed by atoms with Gasteiger partial charge in [-0.05, 0) is 20.8 Å². The summed E-state index contributed by atoms with van der Waals surface area (Å²) in [6, 6.07) is -0.369. The Morgan fingerprint density at radius 3 is 2.82 bits per heavy atom. The molecule has 1 amide bonds. The molecule has 6 heteroatoms. The first-order chi connectivity index (χ1) is 7.90. The van der Waals surface area contributed by atoms with E-state index in [0.717, 1.165) is 5.69 Å². The van der Waals surface area contributed by atoms with Crippen molar-refractivity contribution in [1.29, 1.82) is 0 Å². The van der Waals surface area contributed by atoms with E-state index in [1.54, 1.807) is 26.3 Å². The number of aromatic nitrogens is 1. The van der Waals surface area contributed by atoms with E-state index < -0.39 is 11.7 Å². The lowest BCUT2D eigenvalue weighted by molar-refractivity contribution is 0.0482. The average Bonchev–Trinajstić information content (AvgIpc) is 2.66. The Labute approximate surface area is 105 Å². The number of hydrogen-bond acceptors (Lipinski definition) is 5. The molecule has 1 unspecified atom stereocenters. The van der Waals surface area contributed by atoms with Crippen molar-refractivity contribution in [2.75, 3.05) is 6.61 Å². The fourth-order valence-electron chi connectivity index (χ4n) is 1.23. The van der Waals surface area contributed by atoms with Crippen LogP contribution in [0.1, 0.15) is 26.5 Å². The van der Waals surface area contributed by atoms with Gasteiger partial charge in [-0.1, -0.05) is 0 Å². The van der Waals surface area contributed by atoms with Crippen LogP contribution in [0, 0.1) is 0 Å². The summed E-state index contributed by atoms with van der Waals surface area (Å²) < 4.78 is 5.11. The molecule has 0 saturated heterocycles. The Morgan fingerprint density at radius 2 is 2.35 bits per heavy atom. The van der Waals surface area contributed by atoms with Crippen LogP contribution in [0.15, 0.2) is 10.9 Å². The van der Waals surface area contributed by atoms with Crippen LogP contribution in [0.25, 0.3) is 0 Å². The Balaban J connectivity index is 2.44. The Morgan fingerprint density at radius 1 is 1.65 bits per heavy atom. The molecule has 1 aromatic rings. The SMILES string of the molecule is CC(C)(C)OC(=O)NC(CO)Cc1cscn1. The summed E-state index contributed by atoms with van der Waals surface area (Å²) in [4.78, 5) is 15.6. The van der Waals surface area contributed by atoms with Crippen LogP contribution in [0.2, 0.25) is 0 Å². The summed E-state index contributed by atoms with van der Waals surface area (Å²) in [5.74, 6) is 0. The van der Waals surface area contributed by atoms with E-state index in [9.17, 15) is 9.90 Å². The van der Waals surface area contributed by atoms with Crippen LogP contribution in [-0.2, 0) is 11.2 Å². The number of thiazole rings is 1. The van der Waals surface area contributed by atoms with E-state index in [2.05, 4.69) is 10.3 Å². The zero-order valence-corrected chi connectivity index (χ0v) is 11.1. The molecule has 17 heavy (non-hydrogen) atoms. The maximum absolute atomic E-state index is 11.5. The predicted octanol–water partition coefficient (Wildman–Crippen LogP) is 1.57. The highest BCUT2D eigenvalue weighted by molar-refractivity contribution is 7.07. The molecule has 0 saturated carbocycles. The van der Waals surface area contributed by atoms with Crippen LogP contribution in [-0.4, -0.2) is 34.4 Å². The molecular weight excluding hydrogens is 240 g/mol. The van der Waals surface area contributed by atoms with Crippen molar-refractivity contribution in [1.82, 2.24) is 10.3 Å². The summed E-state index contributed by atoms with van der Waals surface area (Å²) in [6.07, 6.45) is -0.0223. The second-order valence-corrected chi connectivity index (χ2v) is 5.43. The highest BCUT2D eigenvalue weighted by Crippen LogP contribution is 2.08. The second kappa shape index (κ2) is 5.97. The number of aliphatic hydroxyl groups excluding tert-OH is 1. The van der Waals surface area contributed by atoms with Gasteiger partial charge in [-0.3, -0.25) is 0 Å². The summed E-state index contributed by atoms with van der Waals surface area (Å²) in [5.41, 5.74) is 2.03. The lowest BCUT2D eigenvalue weighted by atomic mass is 10.2. The summed E-state index contributed by atoms with van der Waals surface area (Å²) in [6.45, 7) is 5.24. The van der Waals surface area contributed by atoms with E-state index in [0.29, 0.717) is 6.42 Å². The second-order valence-electron chi connectivity index (χ2n) is 4.71. The highest BCUT2D eigenvalue weighted by atomic mass is 32.1. The summed E-state index contributed by atoms with van der Waals surface area (Å²) in [7, 11) is 0. The molecule has 96 valence electrons. The van der Waals surface area contributed by atoms with E-state index in [4.69, 9.17) is 4.74 Å². The smallest absolute Gasteiger partial charge is 0.407 e. The maximum atomic E-state index is 11.5. The molecular formula is C11H18N2O3S. The molecule has 0 aromatic carbocycles. The van der Waals surface area contributed by atoms with Crippen molar-refractivity contribution in [3.8, 4) is 0 Å². The van der Waals surface area contributed by atoms with E-state index in [-0.39, 0.29) is 12.6 Å². The average molecular weight is 258 g/mol. The van der Waals surface area contributed by atoms with Gasteiger partial charge in [0, 0.05) is 11.8 Å². The van der Waals surface area contributed by atoms with Crippen molar-refractivity contribution in [3.05, 3.63) is 16.6 Å². The van der Waals surface area contributed by atoms with Gasteiger partial charge in [0.1, 0.15) is 5.60 Å². The van der Waals surface area contributed by atoms with Crippen LogP contribution in [0.5, 0.6) is 0 Å². The largest absolute Gasteiger partial charge is 0.444 e. The Kier molecular flexibility index (Phi) is 4.89. The van der Waals surface area contributed by atoms with E-state index in [1.165, 1.54) is 11.3 Å². The normalized spacial score (nSPS) is 13.2. The topological polar surface area (TPSA) is 71.5 Å². The maximum Gasteiger partial charge on any atom is 0.407 e. The Hall–Kier alpha value is -1.14. The third-order valence-electron chi connectivity index (χ3n) is 1.88. The number of carbonyl (C=O) groups excluding carboxylic acids is 1. The third-order valence-corrected chi connectivity index (χ3v) is 2.52. The molecule has 0 radical (unpaired) electrons. The van der Waals surface area contributed by atoms with Gasteiger partial charge in [-0.15, -0.1) is 11.3 Å². The minimum atomic E-state index is -0.537. The lowest BCUT2D eigenvalue weighted by Crippen LogP contribution is -2.42. The molecule has 1 rings (SSSR count). The molecule has 1 aromatic heterocycles. The minimum Gasteiger partial charge on any atom is -0.444 e. The zero-order valence-electron chi connectivity index (χ0n) is 10.3. The van der Waals surface area contributed by atoms with Gasteiger partial charge in [-0.25, -0.2) is 9.78 Å². The quantitative estimate of drug-likeness (QED) is 0.860. The van der Waals surface area contributed by atoms with Crippen molar-refractivity contribution in [2.45, 2.75) is 38.8 Å². The number of ether oxygens (including phenoxy) is 1. The summed E-state index contributed by atoms with van der Waals surface area (Å²) >= 11 is 1.48. The van der Waals surface area contributed by atoms with E-state index in [1.807, 2.05) is 5.38 Å². The highest BCUT2D eigenvalue weighted by Gasteiger charge is 2.19. The molecule has 0 bridgehead atoms. The fraction of sp³-hybridized carbons (Fsp3) is 0.636. The first-order valence-electron chi connectivity index (χ1n) is 5.38. The lowest BCUT2D eigenvalue weighted by Gasteiger charge is -2.22. The molecule has 2 N–H and O–H groups in total. The minimum absolute atomic E-state index is 0.142. The van der Waals surface area contributed by atoms with Gasteiger partial charge in [0.15, 0.2) is 0 Å². The number of rotatable bonds is 4. The number of aliphatic hydroxyl groups is 1. The number of alkyl carbamates (subject to hydrolysis) is 1. The zero-order chi connectivity index (χ0) is 12.9. The van der Waals surface area contributed by atoms with Gasteiger partial charge in [0.05, 0.1) is 23.9 Å². The number of amides is 1. The van der Waals surface area contributed by atoms with Crippen molar-refractivity contribution < 1.29 is 14.6 Å². The third kappa shape index (κ3) is 5.65. The van der Waals surface area contributed by atoms with Gasteiger partial charge in [0.2, 0.25) is 0 Å². The van der Waals surface area contributed by atoms with Crippen molar-refractivity contribution in [2.24, 2.45) is 0 Å². The van der Waals surface area contributed by atoms with Crippen LogP contribution in [0.3, 0.4) is 0 Å². The van der Waals surface area contributed by atoms with Crippen LogP contribution in [0.4, 0.5) is 4.79 Å². The van der Waals surface area contributed by atoms with Crippen LogP contribution < -0.4 is 5.32 Å². The van der Waals surface area contributed by atoms with Gasteiger partial charge in [-0.2, -0.15) is 0 Å². The molecule has 0 spiro atoms. The van der Waals surface area contributed by atoms with Gasteiger partial charge >= 0.3 is 6.09 Å². The van der Waals surface area contributed by atoms with Crippen molar-refractivity contribution >= 4 is 17.4 Å². The standard InChI is InChI=1S/C11H18N2O3S/c1-11(2,3)16-10(15)13-8(5-14)4-9-6-17-7-12-9/h6-8,14H,4-5H2,1-3H3,(H,13,15). The number of hydrogen-bond donors (Lipinski definition) is 2. The Bertz CT molecular complexity index is 346. The summed E-state index contributed by atoms with van der Waals surface area (Å²) in [5, 5.41) is 13.7. The molecule has 0 aliphatic carbocycles. The number of carbonyl (C=O) groups is 1. The van der Waals surface area contributed by atoms with Crippen molar-refractivity contribution in [3.63, 3.8) is 0 Å². The fourth-order valence-corrected chi connectivity index (χ4v) is 1.80. The van der Waals surface area contributed by atoms with Crippen LogP contribution >= 0.6 is 11.3 Å². The molecule has 0 aliphatic heterocycles. The first kappa shape index (κ1) is 13.9. The van der Waals surface area contributed by atoms with Gasteiger partial charge < -0.3 is 15.2 Å². The van der Waals surface area contributed by atoms with Gasteiger partial charge in [0.25, 0.3) is 0 Å².